The smallest absolute Gasteiger partial charge is 0.354 e. The van der Waals surface area contributed by atoms with Gasteiger partial charge in [0.05, 0.1) is 5.69 Å². The number of hydrogen-bond donors (Lipinski definition) is 1. The zero-order valence-electron chi connectivity index (χ0n) is 9.08. The van der Waals surface area contributed by atoms with Crippen LogP contribution in [0.25, 0.3) is 5.69 Å². The summed E-state index contributed by atoms with van der Waals surface area (Å²) < 4.78 is 1.25. The summed E-state index contributed by atoms with van der Waals surface area (Å²) in [5.41, 5.74) is 1.75. The van der Waals surface area contributed by atoms with Crippen LogP contribution in [0.1, 0.15) is 21.7 Å². The number of carboxylic acid groups (broad SMARTS) is 1. The second-order valence-electron chi connectivity index (χ2n) is 3.58. The minimum Gasteiger partial charge on any atom is -0.477 e. The van der Waals surface area contributed by atoms with E-state index in [-0.39, 0.29) is 11.4 Å². The molecule has 1 aromatic heterocycles. The Morgan fingerprint density at radius 2 is 2.06 bits per heavy atom. The molecule has 5 nitrogen and oxygen atoms in total. The molecule has 2 rings (SSSR count). The largest absolute Gasteiger partial charge is 0.477 e. The Balaban J connectivity index is 2.58. The molecule has 0 aliphatic carbocycles. The van der Waals surface area contributed by atoms with E-state index in [0.29, 0.717) is 5.69 Å². The standard InChI is InChI=1S/C12H9N3O2/c1-8-2-4-10(5-3-8)15-11(12(16)17)6-9(7-13)14-15/h2-6H,1H3,(H,16,17). The molecule has 1 heterocycles. The number of carboxylic acids is 1. The van der Waals surface area contributed by atoms with Crippen molar-refractivity contribution >= 4 is 5.97 Å². The average molecular weight is 227 g/mol. The number of nitriles is 1. The highest BCUT2D eigenvalue weighted by Crippen LogP contribution is 2.13. The molecule has 0 aliphatic rings. The van der Waals surface area contributed by atoms with Crippen LogP contribution >= 0.6 is 0 Å². The third-order valence-corrected chi connectivity index (χ3v) is 2.32. The van der Waals surface area contributed by atoms with Gasteiger partial charge < -0.3 is 5.11 Å². The van der Waals surface area contributed by atoms with Crippen LogP contribution < -0.4 is 0 Å². The van der Waals surface area contributed by atoms with Gasteiger partial charge in [0.2, 0.25) is 0 Å². The summed E-state index contributed by atoms with van der Waals surface area (Å²) in [6, 6.07) is 10.3. The summed E-state index contributed by atoms with van der Waals surface area (Å²) in [6.07, 6.45) is 0. The Hall–Kier alpha value is -2.61. The number of nitrogens with zero attached hydrogens (tertiary/aromatic N) is 3. The fourth-order valence-corrected chi connectivity index (χ4v) is 1.47. The van der Waals surface area contributed by atoms with Crippen LogP contribution in [0.2, 0.25) is 0 Å². The molecule has 5 heteroatoms. The first kappa shape index (κ1) is 10.9. The van der Waals surface area contributed by atoms with E-state index in [1.807, 2.05) is 25.1 Å². The van der Waals surface area contributed by atoms with E-state index in [1.54, 1.807) is 12.1 Å². The third-order valence-electron chi connectivity index (χ3n) is 2.32. The summed E-state index contributed by atoms with van der Waals surface area (Å²) >= 11 is 0. The van der Waals surface area contributed by atoms with E-state index in [9.17, 15) is 4.79 Å². The molecule has 0 saturated heterocycles. The molecular formula is C12H9N3O2. The van der Waals surface area contributed by atoms with Gasteiger partial charge in [0.25, 0.3) is 0 Å². The molecule has 1 N–H and O–H groups in total. The van der Waals surface area contributed by atoms with Crippen molar-refractivity contribution in [3.8, 4) is 11.8 Å². The van der Waals surface area contributed by atoms with Crippen LogP contribution in [-0.4, -0.2) is 20.9 Å². The molecule has 0 fully saturated rings. The van der Waals surface area contributed by atoms with Gasteiger partial charge >= 0.3 is 5.97 Å². The molecule has 0 spiro atoms. The van der Waals surface area contributed by atoms with Crippen molar-refractivity contribution in [2.75, 3.05) is 0 Å². The molecule has 0 bridgehead atoms. The Bertz CT molecular complexity index is 606. The van der Waals surface area contributed by atoms with Gasteiger partial charge in [-0.2, -0.15) is 10.4 Å². The molecule has 0 atom stereocenters. The molecule has 84 valence electrons. The summed E-state index contributed by atoms with van der Waals surface area (Å²) in [7, 11) is 0. The monoisotopic (exact) mass is 227 g/mol. The molecule has 0 aliphatic heterocycles. The van der Waals surface area contributed by atoms with Crippen molar-refractivity contribution in [2.24, 2.45) is 0 Å². The Morgan fingerprint density at radius 3 is 2.59 bits per heavy atom. The zero-order chi connectivity index (χ0) is 12.4. The average Bonchev–Trinajstić information content (AvgIpc) is 2.74. The SMILES string of the molecule is Cc1ccc(-n2nc(C#N)cc2C(=O)O)cc1. The normalized spacial score (nSPS) is 9.88. The van der Waals surface area contributed by atoms with Gasteiger partial charge in [0.1, 0.15) is 6.07 Å². The molecule has 17 heavy (non-hydrogen) atoms. The summed E-state index contributed by atoms with van der Waals surface area (Å²) in [5.74, 6) is -1.11. The number of carbonyl (C=O) groups is 1. The highest BCUT2D eigenvalue weighted by molar-refractivity contribution is 5.86. The quantitative estimate of drug-likeness (QED) is 0.847. The summed E-state index contributed by atoms with van der Waals surface area (Å²) in [4.78, 5) is 11.0. The van der Waals surface area contributed by atoms with Crippen LogP contribution in [0.15, 0.2) is 30.3 Å². The predicted molar refractivity (Wildman–Crippen MR) is 60.0 cm³/mol. The van der Waals surface area contributed by atoms with E-state index < -0.39 is 5.97 Å². The molecule has 0 saturated carbocycles. The van der Waals surface area contributed by atoms with Crippen molar-refractivity contribution < 1.29 is 9.90 Å². The molecule has 1 aromatic carbocycles. The second kappa shape index (κ2) is 4.10. The number of benzene rings is 1. The van der Waals surface area contributed by atoms with E-state index >= 15 is 0 Å². The lowest BCUT2D eigenvalue weighted by Crippen LogP contribution is -2.07. The van der Waals surface area contributed by atoms with Crippen LogP contribution in [0.3, 0.4) is 0 Å². The van der Waals surface area contributed by atoms with Crippen molar-refractivity contribution in [3.63, 3.8) is 0 Å². The summed E-state index contributed by atoms with van der Waals surface area (Å²) in [6.45, 7) is 1.94. The number of aryl methyl sites for hydroxylation is 1. The maximum Gasteiger partial charge on any atom is 0.354 e. The molecule has 0 radical (unpaired) electrons. The maximum absolute atomic E-state index is 11.0. The van der Waals surface area contributed by atoms with Crippen molar-refractivity contribution in [2.45, 2.75) is 6.92 Å². The number of hydrogen-bond acceptors (Lipinski definition) is 3. The van der Waals surface area contributed by atoms with E-state index in [2.05, 4.69) is 5.10 Å². The summed E-state index contributed by atoms with van der Waals surface area (Å²) in [5, 5.41) is 21.7. The Morgan fingerprint density at radius 1 is 1.41 bits per heavy atom. The number of rotatable bonds is 2. The van der Waals surface area contributed by atoms with Gasteiger partial charge in [-0.1, -0.05) is 17.7 Å². The third kappa shape index (κ3) is 2.01. The van der Waals surface area contributed by atoms with Gasteiger partial charge in [0.15, 0.2) is 11.4 Å². The van der Waals surface area contributed by atoms with Gasteiger partial charge in [-0.05, 0) is 19.1 Å². The maximum atomic E-state index is 11.0. The first-order valence-electron chi connectivity index (χ1n) is 4.92. The first-order chi connectivity index (χ1) is 8.11. The predicted octanol–water partition coefficient (Wildman–Crippen LogP) is 1.75. The van der Waals surface area contributed by atoms with Crippen LogP contribution in [-0.2, 0) is 0 Å². The fourth-order valence-electron chi connectivity index (χ4n) is 1.47. The molecule has 0 unspecified atom stereocenters. The molecule has 0 amide bonds. The Kier molecular flexibility index (Phi) is 2.63. The van der Waals surface area contributed by atoms with Gasteiger partial charge in [0, 0.05) is 6.07 Å². The van der Waals surface area contributed by atoms with Gasteiger partial charge in [-0.3, -0.25) is 0 Å². The Labute approximate surface area is 97.5 Å². The number of aromatic carboxylic acids is 1. The second-order valence-corrected chi connectivity index (χ2v) is 3.58. The lowest BCUT2D eigenvalue weighted by Gasteiger charge is -2.04. The fraction of sp³-hybridized carbons (Fsp3) is 0.0833. The van der Waals surface area contributed by atoms with E-state index in [1.165, 1.54) is 10.7 Å². The first-order valence-corrected chi connectivity index (χ1v) is 4.92. The minimum atomic E-state index is -1.11. The van der Waals surface area contributed by atoms with Crippen molar-refractivity contribution in [1.82, 2.24) is 9.78 Å². The highest BCUT2D eigenvalue weighted by atomic mass is 16.4. The van der Waals surface area contributed by atoms with Gasteiger partial charge in [-0.15, -0.1) is 0 Å². The lowest BCUT2D eigenvalue weighted by molar-refractivity contribution is 0.0687. The molecular weight excluding hydrogens is 218 g/mol. The van der Waals surface area contributed by atoms with Crippen molar-refractivity contribution in [3.05, 3.63) is 47.3 Å². The van der Waals surface area contributed by atoms with E-state index in [4.69, 9.17) is 10.4 Å². The highest BCUT2D eigenvalue weighted by Gasteiger charge is 2.15. The van der Waals surface area contributed by atoms with Crippen LogP contribution in [0.5, 0.6) is 0 Å². The number of aromatic nitrogens is 2. The minimum absolute atomic E-state index is 0.0228. The van der Waals surface area contributed by atoms with E-state index in [0.717, 1.165) is 5.56 Å². The topological polar surface area (TPSA) is 78.9 Å². The lowest BCUT2D eigenvalue weighted by atomic mass is 10.2. The van der Waals surface area contributed by atoms with Crippen LogP contribution in [0, 0.1) is 18.3 Å². The zero-order valence-corrected chi connectivity index (χ0v) is 9.08. The van der Waals surface area contributed by atoms with Crippen LogP contribution in [0.4, 0.5) is 0 Å². The van der Waals surface area contributed by atoms with Crippen molar-refractivity contribution in [1.29, 1.82) is 5.26 Å². The molecule has 2 aromatic rings. The van der Waals surface area contributed by atoms with Gasteiger partial charge in [-0.25, -0.2) is 9.48 Å².